The van der Waals surface area contributed by atoms with E-state index in [2.05, 4.69) is 5.32 Å². The Bertz CT molecular complexity index is 465. The minimum atomic E-state index is -0.106. The van der Waals surface area contributed by atoms with Crippen LogP contribution in [0.15, 0.2) is 18.2 Å². The van der Waals surface area contributed by atoms with Crippen molar-refractivity contribution >= 4 is 17.3 Å². The monoisotopic (exact) mass is 217 g/mol. The molecule has 0 fully saturated rings. The summed E-state index contributed by atoms with van der Waals surface area (Å²) in [5.41, 5.74) is 2.01. The molecule has 2 N–H and O–H groups in total. The second kappa shape index (κ2) is 4.21. The summed E-state index contributed by atoms with van der Waals surface area (Å²) in [6, 6.07) is 7.12. The molecular weight excluding hydrogens is 206 g/mol. The van der Waals surface area contributed by atoms with Crippen molar-refractivity contribution in [3.8, 4) is 6.07 Å². The number of nitriles is 1. The van der Waals surface area contributed by atoms with Gasteiger partial charge in [-0.3, -0.25) is 4.79 Å². The number of anilines is 2. The fourth-order valence-electron chi connectivity index (χ4n) is 1.74. The van der Waals surface area contributed by atoms with Crippen LogP contribution in [0.2, 0.25) is 0 Å². The topological polar surface area (TPSA) is 76.4 Å². The van der Waals surface area contributed by atoms with Crippen LogP contribution in [0, 0.1) is 11.3 Å². The molecule has 2 rings (SSSR count). The first-order valence-corrected chi connectivity index (χ1v) is 4.94. The molecule has 0 unspecified atom stereocenters. The summed E-state index contributed by atoms with van der Waals surface area (Å²) in [4.78, 5) is 13.1. The molecule has 1 aliphatic rings. The number of benzene rings is 1. The third-order valence-electron chi connectivity index (χ3n) is 2.45. The van der Waals surface area contributed by atoms with Crippen LogP contribution in [0.4, 0.5) is 11.4 Å². The maximum absolute atomic E-state index is 11.4. The van der Waals surface area contributed by atoms with Gasteiger partial charge >= 0.3 is 0 Å². The van der Waals surface area contributed by atoms with Crippen LogP contribution in [0.1, 0.15) is 5.56 Å². The highest BCUT2D eigenvalue weighted by Crippen LogP contribution is 2.29. The van der Waals surface area contributed by atoms with Gasteiger partial charge in [0.05, 0.1) is 36.2 Å². The van der Waals surface area contributed by atoms with Crippen molar-refractivity contribution < 1.29 is 9.90 Å². The van der Waals surface area contributed by atoms with Crippen molar-refractivity contribution in [2.45, 2.75) is 0 Å². The van der Waals surface area contributed by atoms with Crippen molar-refractivity contribution in [2.24, 2.45) is 0 Å². The predicted octanol–water partition coefficient (Wildman–Crippen LogP) is 0.309. The number of fused-ring (bicyclic) bond motifs is 1. The molecular formula is C11H11N3O2. The molecule has 0 aromatic heterocycles. The molecule has 82 valence electrons. The smallest absolute Gasteiger partial charge is 0.243 e. The average molecular weight is 217 g/mol. The molecule has 0 saturated carbocycles. The first-order valence-electron chi connectivity index (χ1n) is 4.94. The first kappa shape index (κ1) is 10.5. The number of amides is 1. The number of carbonyl (C=O) groups excluding carboxylic acids is 1. The Morgan fingerprint density at radius 2 is 2.38 bits per heavy atom. The Kier molecular flexibility index (Phi) is 2.75. The number of carbonyl (C=O) groups is 1. The van der Waals surface area contributed by atoms with Crippen LogP contribution in [0.5, 0.6) is 0 Å². The summed E-state index contributed by atoms with van der Waals surface area (Å²) in [5, 5.41) is 20.4. The predicted molar refractivity (Wildman–Crippen MR) is 59.1 cm³/mol. The van der Waals surface area contributed by atoms with Crippen LogP contribution in [0.25, 0.3) is 0 Å². The SMILES string of the molecule is N#Cc1ccc2c(c1)N(CCO)CC(=O)N2. The van der Waals surface area contributed by atoms with E-state index in [4.69, 9.17) is 10.4 Å². The van der Waals surface area contributed by atoms with Gasteiger partial charge in [0.15, 0.2) is 0 Å². The average Bonchev–Trinajstić information content (AvgIpc) is 2.29. The summed E-state index contributed by atoms with van der Waals surface area (Å²) in [7, 11) is 0. The van der Waals surface area contributed by atoms with Gasteiger partial charge in [0.2, 0.25) is 5.91 Å². The lowest BCUT2D eigenvalue weighted by molar-refractivity contribution is -0.115. The van der Waals surface area contributed by atoms with Gasteiger partial charge in [-0.1, -0.05) is 0 Å². The minimum absolute atomic E-state index is 0.0243. The number of hydrogen-bond acceptors (Lipinski definition) is 4. The number of nitrogens with one attached hydrogen (secondary N) is 1. The zero-order valence-corrected chi connectivity index (χ0v) is 8.60. The summed E-state index contributed by atoms with van der Waals surface area (Å²) >= 11 is 0. The normalized spacial score (nSPS) is 14.0. The van der Waals surface area contributed by atoms with Gasteiger partial charge in [0.1, 0.15) is 0 Å². The van der Waals surface area contributed by atoms with Crippen molar-refractivity contribution in [3.63, 3.8) is 0 Å². The molecule has 0 bridgehead atoms. The molecule has 1 aliphatic heterocycles. The van der Waals surface area contributed by atoms with Crippen LogP contribution in [-0.2, 0) is 4.79 Å². The zero-order valence-electron chi connectivity index (χ0n) is 8.60. The van der Waals surface area contributed by atoms with E-state index in [9.17, 15) is 4.79 Å². The van der Waals surface area contributed by atoms with Gasteiger partial charge < -0.3 is 15.3 Å². The van der Waals surface area contributed by atoms with E-state index in [0.29, 0.717) is 17.8 Å². The van der Waals surface area contributed by atoms with Crippen LogP contribution in [0.3, 0.4) is 0 Å². The molecule has 0 saturated heterocycles. The largest absolute Gasteiger partial charge is 0.395 e. The summed E-state index contributed by atoms with van der Waals surface area (Å²) < 4.78 is 0. The van der Waals surface area contributed by atoms with Gasteiger partial charge in [-0.05, 0) is 18.2 Å². The molecule has 5 nitrogen and oxygen atoms in total. The maximum Gasteiger partial charge on any atom is 0.243 e. The van der Waals surface area contributed by atoms with E-state index in [0.717, 1.165) is 5.69 Å². The maximum atomic E-state index is 11.4. The quantitative estimate of drug-likeness (QED) is 0.747. The number of β-amino-alcohol motifs (C(OH)–C–C–N with tert-alkyl or cyclic N) is 1. The Labute approximate surface area is 92.9 Å². The van der Waals surface area contributed by atoms with Crippen LogP contribution < -0.4 is 10.2 Å². The molecule has 0 spiro atoms. The van der Waals surface area contributed by atoms with Crippen LogP contribution >= 0.6 is 0 Å². The number of hydrogen-bond donors (Lipinski definition) is 2. The molecule has 5 heteroatoms. The second-order valence-corrected chi connectivity index (χ2v) is 3.54. The highest BCUT2D eigenvalue weighted by molar-refractivity contribution is 6.01. The zero-order chi connectivity index (χ0) is 11.5. The van der Waals surface area contributed by atoms with E-state index < -0.39 is 0 Å². The lowest BCUT2D eigenvalue weighted by Gasteiger charge is -2.30. The summed E-state index contributed by atoms with van der Waals surface area (Å²) in [5.74, 6) is -0.106. The standard InChI is InChI=1S/C11H11N3O2/c12-6-8-1-2-9-10(5-8)14(3-4-15)7-11(16)13-9/h1-2,5,15H,3-4,7H2,(H,13,16). The van der Waals surface area contributed by atoms with E-state index in [1.165, 1.54) is 0 Å². The van der Waals surface area contributed by atoms with Gasteiger partial charge in [-0.25, -0.2) is 0 Å². The summed E-state index contributed by atoms with van der Waals surface area (Å²) in [6.07, 6.45) is 0. The Hall–Kier alpha value is -2.06. The van der Waals surface area contributed by atoms with Gasteiger partial charge in [0, 0.05) is 6.54 Å². The lowest BCUT2D eigenvalue weighted by atomic mass is 10.1. The Morgan fingerprint density at radius 3 is 3.06 bits per heavy atom. The van der Waals surface area contributed by atoms with E-state index >= 15 is 0 Å². The highest BCUT2D eigenvalue weighted by Gasteiger charge is 2.21. The molecule has 1 heterocycles. The van der Waals surface area contributed by atoms with E-state index in [1.54, 1.807) is 23.1 Å². The number of rotatable bonds is 2. The van der Waals surface area contributed by atoms with Crippen molar-refractivity contribution in [3.05, 3.63) is 23.8 Å². The molecule has 0 atom stereocenters. The third-order valence-corrected chi connectivity index (χ3v) is 2.45. The van der Waals surface area contributed by atoms with Crippen molar-refractivity contribution in [2.75, 3.05) is 29.9 Å². The third kappa shape index (κ3) is 1.83. The van der Waals surface area contributed by atoms with Crippen molar-refractivity contribution in [1.29, 1.82) is 5.26 Å². The molecule has 1 aromatic rings. The number of nitrogens with zero attached hydrogens (tertiary/aromatic N) is 2. The van der Waals surface area contributed by atoms with Gasteiger partial charge in [-0.15, -0.1) is 0 Å². The molecule has 16 heavy (non-hydrogen) atoms. The second-order valence-electron chi connectivity index (χ2n) is 3.54. The van der Waals surface area contributed by atoms with Crippen LogP contribution in [-0.4, -0.2) is 30.7 Å². The van der Waals surface area contributed by atoms with E-state index in [1.807, 2.05) is 6.07 Å². The molecule has 1 aromatic carbocycles. The lowest BCUT2D eigenvalue weighted by Crippen LogP contribution is -2.39. The summed E-state index contributed by atoms with van der Waals surface area (Å²) in [6.45, 7) is 0.571. The molecule has 0 radical (unpaired) electrons. The van der Waals surface area contributed by atoms with Gasteiger partial charge in [-0.2, -0.15) is 5.26 Å². The minimum Gasteiger partial charge on any atom is -0.395 e. The number of aliphatic hydroxyl groups is 1. The van der Waals surface area contributed by atoms with Gasteiger partial charge in [0.25, 0.3) is 0 Å². The molecule has 0 aliphatic carbocycles. The fourth-order valence-corrected chi connectivity index (χ4v) is 1.74. The highest BCUT2D eigenvalue weighted by atomic mass is 16.3. The van der Waals surface area contributed by atoms with Crippen molar-refractivity contribution in [1.82, 2.24) is 0 Å². The fraction of sp³-hybridized carbons (Fsp3) is 0.273. The number of aliphatic hydroxyl groups excluding tert-OH is 1. The Balaban J connectivity index is 2.41. The molecule has 1 amide bonds. The first-order chi connectivity index (χ1) is 7.74. The Morgan fingerprint density at radius 1 is 1.56 bits per heavy atom. The van der Waals surface area contributed by atoms with E-state index in [-0.39, 0.29) is 19.1 Å².